The number of rotatable bonds is 6. The second-order valence-corrected chi connectivity index (χ2v) is 8.25. The van der Waals surface area contributed by atoms with Crippen LogP contribution in [0, 0.1) is 0 Å². The van der Waals surface area contributed by atoms with Gasteiger partial charge < -0.3 is 24.4 Å². The van der Waals surface area contributed by atoms with Crippen molar-refractivity contribution in [1.82, 2.24) is 4.90 Å². The Morgan fingerprint density at radius 3 is 2.56 bits per heavy atom. The molecular formula is C24H25ClN2O5. The highest BCUT2D eigenvalue weighted by molar-refractivity contribution is 6.46. The van der Waals surface area contributed by atoms with Gasteiger partial charge in [0.1, 0.15) is 18.8 Å². The van der Waals surface area contributed by atoms with Crippen LogP contribution in [0.5, 0.6) is 5.75 Å². The summed E-state index contributed by atoms with van der Waals surface area (Å²) in [5.74, 6) is -1.47. The Bertz CT molecular complexity index is 1030. The first kappa shape index (κ1) is 22.3. The zero-order chi connectivity index (χ0) is 22.7. The van der Waals surface area contributed by atoms with Crippen molar-refractivity contribution in [2.24, 2.45) is 0 Å². The third kappa shape index (κ3) is 4.37. The Morgan fingerprint density at radius 1 is 1.19 bits per heavy atom. The summed E-state index contributed by atoms with van der Waals surface area (Å²) in [4.78, 5) is 28.9. The van der Waals surface area contributed by atoms with Gasteiger partial charge in [-0.25, -0.2) is 0 Å². The lowest BCUT2D eigenvalue weighted by Gasteiger charge is -2.30. The topological polar surface area (TPSA) is 83.3 Å². The minimum Gasteiger partial charge on any atom is -0.872 e. The van der Waals surface area contributed by atoms with E-state index < -0.39 is 23.5 Å². The van der Waals surface area contributed by atoms with Crippen LogP contribution in [-0.4, -0.2) is 63.1 Å². The molecule has 7 nitrogen and oxygen atoms in total. The van der Waals surface area contributed by atoms with Crippen LogP contribution in [0.1, 0.15) is 17.2 Å². The SMILES string of the molecule is COc1ccc(C([O-])=C2C(=O)C(=O)N(CC[NH+]3CCOCC3)C2c2ccccc2)cc1Cl. The van der Waals surface area contributed by atoms with Crippen LogP contribution in [0.25, 0.3) is 5.76 Å². The maximum Gasteiger partial charge on any atom is 0.295 e. The van der Waals surface area contributed by atoms with Gasteiger partial charge in [0.15, 0.2) is 0 Å². The first-order chi connectivity index (χ1) is 15.5. The predicted molar refractivity (Wildman–Crippen MR) is 117 cm³/mol. The zero-order valence-corrected chi connectivity index (χ0v) is 18.6. The van der Waals surface area contributed by atoms with Crippen molar-refractivity contribution < 1.29 is 29.1 Å². The highest BCUT2D eigenvalue weighted by Gasteiger charge is 2.44. The number of nitrogens with one attached hydrogen (secondary N) is 1. The summed E-state index contributed by atoms with van der Waals surface area (Å²) < 4.78 is 10.5. The predicted octanol–water partition coefficient (Wildman–Crippen LogP) is 0.488. The number of ketones is 1. The minimum atomic E-state index is -0.757. The zero-order valence-electron chi connectivity index (χ0n) is 17.8. The van der Waals surface area contributed by atoms with Crippen molar-refractivity contribution in [3.63, 3.8) is 0 Å². The van der Waals surface area contributed by atoms with Crippen LogP contribution in [0.3, 0.4) is 0 Å². The summed E-state index contributed by atoms with van der Waals surface area (Å²) in [5, 5.41) is 13.7. The molecule has 0 aliphatic carbocycles. The number of carbonyl (C=O) groups is 2. The van der Waals surface area contributed by atoms with Gasteiger partial charge in [-0.15, -0.1) is 0 Å². The number of methoxy groups -OCH3 is 1. The van der Waals surface area contributed by atoms with Crippen LogP contribution in [0.4, 0.5) is 0 Å². The molecule has 0 spiro atoms. The second kappa shape index (κ2) is 9.73. The first-order valence-electron chi connectivity index (χ1n) is 10.6. The quantitative estimate of drug-likeness (QED) is 0.388. The molecule has 1 N–H and O–H groups in total. The number of quaternary nitrogens is 1. The van der Waals surface area contributed by atoms with Gasteiger partial charge in [0, 0.05) is 5.57 Å². The summed E-state index contributed by atoms with van der Waals surface area (Å²) in [6.07, 6.45) is 0. The Labute approximate surface area is 191 Å². The number of morpholine rings is 1. The fourth-order valence-electron chi connectivity index (χ4n) is 4.23. The van der Waals surface area contributed by atoms with Crippen LogP contribution in [0.15, 0.2) is 54.1 Å². The summed E-state index contributed by atoms with van der Waals surface area (Å²) in [7, 11) is 1.48. The molecule has 2 aliphatic rings. The van der Waals surface area contributed by atoms with E-state index in [1.54, 1.807) is 12.1 Å². The van der Waals surface area contributed by atoms with Crippen LogP contribution < -0.4 is 14.7 Å². The summed E-state index contributed by atoms with van der Waals surface area (Å²) in [5.41, 5.74) is 0.930. The van der Waals surface area contributed by atoms with Crippen molar-refractivity contribution in [2.45, 2.75) is 6.04 Å². The largest absolute Gasteiger partial charge is 0.872 e. The van der Waals surface area contributed by atoms with E-state index in [1.807, 2.05) is 30.3 Å². The molecule has 1 unspecified atom stereocenters. The highest BCUT2D eigenvalue weighted by atomic mass is 35.5. The smallest absolute Gasteiger partial charge is 0.295 e. The molecular weight excluding hydrogens is 432 g/mol. The van der Waals surface area contributed by atoms with Crippen LogP contribution >= 0.6 is 11.6 Å². The van der Waals surface area contributed by atoms with Crippen LogP contribution in [0.2, 0.25) is 5.02 Å². The molecule has 1 atom stereocenters. The molecule has 2 aromatic carbocycles. The molecule has 2 fully saturated rings. The van der Waals surface area contributed by atoms with E-state index >= 15 is 0 Å². The molecule has 0 radical (unpaired) electrons. The van der Waals surface area contributed by atoms with E-state index in [0.29, 0.717) is 32.1 Å². The summed E-state index contributed by atoms with van der Waals surface area (Å²) in [6, 6.07) is 13.1. The lowest BCUT2D eigenvalue weighted by atomic mass is 9.95. The standard InChI is InChI=1S/C24H25ClN2O5/c1-31-19-8-7-17(15-18(19)25)22(28)20-21(16-5-3-2-4-6-16)27(24(30)23(20)29)10-9-26-11-13-32-14-12-26/h2-8,15,21,28H,9-14H2,1H3. The average molecular weight is 457 g/mol. The maximum absolute atomic E-state index is 13.4. The highest BCUT2D eigenvalue weighted by Crippen LogP contribution is 2.39. The molecule has 0 saturated carbocycles. The lowest BCUT2D eigenvalue weighted by molar-refractivity contribution is -0.907. The lowest BCUT2D eigenvalue weighted by Crippen LogP contribution is -3.14. The van der Waals surface area contributed by atoms with Gasteiger partial charge in [-0.1, -0.05) is 53.8 Å². The van der Waals surface area contributed by atoms with Gasteiger partial charge in [0.05, 0.1) is 44.5 Å². The van der Waals surface area contributed by atoms with E-state index in [-0.39, 0.29) is 16.2 Å². The van der Waals surface area contributed by atoms with Crippen molar-refractivity contribution in [1.29, 1.82) is 0 Å². The van der Waals surface area contributed by atoms with Crippen molar-refractivity contribution >= 4 is 29.1 Å². The number of Topliss-reactive ketones (excluding diaryl/α,β-unsaturated/α-hetero) is 1. The average Bonchev–Trinajstić information content (AvgIpc) is 3.08. The fourth-order valence-corrected chi connectivity index (χ4v) is 4.49. The normalized spacial score (nSPS) is 21.2. The molecule has 0 bridgehead atoms. The van der Waals surface area contributed by atoms with Gasteiger partial charge in [0.25, 0.3) is 5.91 Å². The van der Waals surface area contributed by atoms with Crippen molar-refractivity contribution in [3.8, 4) is 5.75 Å². The first-order valence-corrected chi connectivity index (χ1v) is 11.0. The van der Waals surface area contributed by atoms with Crippen molar-refractivity contribution in [2.75, 3.05) is 46.5 Å². The third-order valence-electron chi connectivity index (χ3n) is 5.96. The van der Waals surface area contributed by atoms with E-state index in [9.17, 15) is 14.7 Å². The Kier molecular flexibility index (Phi) is 6.79. The van der Waals surface area contributed by atoms with Gasteiger partial charge in [-0.05, 0) is 23.3 Å². The monoisotopic (exact) mass is 456 g/mol. The summed E-state index contributed by atoms with van der Waals surface area (Å²) in [6.45, 7) is 4.12. The molecule has 32 heavy (non-hydrogen) atoms. The number of amides is 1. The number of likely N-dealkylation sites (tertiary alicyclic amines) is 1. The minimum absolute atomic E-state index is 0.0422. The van der Waals surface area contributed by atoms with Gasteiger partial charge >= 0.3 is 0 Å². The second-order valence-electron chi connectivity index (χ2n) is 7.85. The number of hydrogen-bond acceptors (Lipinski definition) is 5. The molecule has 2 aromatic rings. The maximum atomic E-state index is 13.4. The molecule has 2 heterocycles. The number of ether oxygens (including phenoxy) is 2. The number of nitrogens with zero attached hydrogens (tertiary/aromatic N) is 1. The molecule has 2 saturated heterocycles. The number of carbonyl (C=O) groups excluding carboxylic acids is 2. The van der Waals surface area contributed by atoms with E-state index in [1.165, 1.54) is 23.0 Å². The van der Waals surface area contributed by atoms with Gasteiger partial charge in [-0.2, -0.15) is 0 Å². The molecule has 4 rings (SSSR count). The van der Waals surface area contributed by atoms with E-state index in [4.69, 9.17) is 21.1 Å². The van der Waals surface area contributed by atoms with E-state index in [0.717, 1.165) is 18.7 Å². The molecule has 8 heteroatoms. The van der Waals surface area contributed by atoms with Crippen LogP contribution in [-0.2, 0) is 14.3 Å². The molecule has 0 aromatic heterocycles. The van der Waals surface area contributed by atoms with Gasteiger partial charge in [0.2, 0.25) is 5.78 Å². The number of halogens is 1. The molecule has 168 valence electrons. The van der Waals surface area contributed by atoms with E-state index in [2.05, 4.69) is 0 Å². The summed E-state index contributed by atoms with van der Waals surface area (Å²) >= 11 is 6.20. The van der Waals surface area contributed by atoms with Crippen molar-refractivity contribution in [3.05, 3.63) is 70.3 Å². The Morgan fingerprint density at radius 2 is 1.91 bits per heavy atom. The number of benzene rings is 2. The molecule has 1 amide bonds. The Balaban J connectivity index is 1.72. The number of hydrogen-bond donors (Lipinski definition) is 1. The fraction of sp³-hybridized carbons (Fsp3) is 0.333. The third-order valence-corrected chi connectivity index (χ3v) is 6.26. The Hall–Kier alpha value is -2.87. The van der Waals surface area contributed by atoms with Gasteiger partial charge in [-0.3, -0.25) is 9.59 Å². The molecule has 2 aliphatic heterocycles.